The Balaban J connectivity index is 2.80. The zero-order valence-corrected chi connectivity index (χ0v) is 13.3. The molecule has 0 saturated heterocycles. The summed E-state index contributed by atoms with van der Waals surface area (Å²) in [7, 11) is 0. The van der Waals surface area contributed by atoms with Crippen LogP contribution in [0.25, 0.3) is 0 Å². The smallest absolute Gasteiger partial charge is 0.345 e. The van der Waals surface area contributed by atoms with Crippen LogP contribution in [0.3, 0.4) is 0 Å². The van der Waals surface area contributed by atoms with Gasteiger partial charge in [-0.15, -0.1) is 0 Å². The van der Waals surface area contributed by atoms with Gasteiger partial charge in [0.2, 0.25) is 5.91 Å². The Kier molecular flexibility index (Phi) is 6.60. The Bertz CT molecular complexity index is 557. The number of rotatable bonds is 6. The molecule has 0 fully saturated rings. The summed E-state index contributed by atoms with van der Waals surface area (Å²) in [6, 6.07) is 5.79. The van der Waals surface area contributed by atoms with Gasteiger partial charge in [0.1, 0.15) is 12.6 Å². The van der Waals surface area contributed by atoms with E-state index in [1.807, 2.05) is 19.2 Å². The predicted octanol–water partition coefficient (Wildman–Crippen LogP) is 2.82. The van der Waals surface area contributed by atoms with Gasteiger partial charge in [0, 0.05) is 5.56 Å². The predicted molar refractivity (Wildman–Crippen MR) is 81.0 cm³/mol. The molecule has 0 bridgehead atoms. The first-order valence-corrected chi connectivity index (χ1v) is 7.31. The number of benzene rings is 1. The standard InChI is InChI=1S/C16H21F3N2O2/c1-10(2)8-13(15(23)20-9-16(17,18)19)21-14(22)12-7-5-4-6-11(12)3/h4-7,10,13H,8-9H2,1-3H3,(H,20,23)(H,21,22). The maximum atomic E-state index is 12.2. The summed E-state index contributed by atoms with van der Waals surface area (Å²) in [5, 5.41) is 4.34. The lowest BCUT2D eigenvalue weighted by molar-refractivity contribution is -0.139. The summed E-state index contributed by atoms with van der Waals surface area (Å²) in [6.45, 7) is 3.98. The Morgan fingerprint density at radius 1 is 1.17 bits per heavy atom. The van der Waals surface area contributed by atoms with Crippen LogP contribution in [0.5, 0.6) is 0 Å². The van der Waals surface area contributed by atoms with Gasteiger partial charge in [-0.05, 0) is 30.9 Å². The van der Waals surface area contributed by atoms with Crippen LogP contribution in [0.4, 0.5) is 13.2 Å². The highest BCUT2D eigenvalue weighted by molar-refractivity contribution is 5.98. The normalized spacial score (nSPS) is 12.8. The molecule has 7 heteroatoms. The number of hydrogen-bond acceptors (Lipinski definition) is 2. The molecule has 1 unspecified atom stereocenters. The van der Waals surface area contributed by atoms with Crippen molar-refractivity contribution in [2.75, 3.05) is 6.54 Å². The number of nitrogens with one attached hydrogen (secondary N) is 2. The molecule has 0 heterocycles. The van der Waals surface area contributed by atoms with Crippen molar-refractivity contribution in [2.24, 2.45) is 5.92 Å². The molecule has 0 saturated carbocycles. The van der Waals surface area contributed by atoms with Gasteiger partial charge < -0.3 is 10.6 Å². The van der Waals surface area contributed by atoms with Crippen molar-refractivity contribution in [1.82, 2.24) is 10.6 Å². The number of hydrogen-bond donors (Lipinski definition) is 2. The van der Waals surface area contributed by atoms with Gasteiger partial charge in [-0.1, -0.05) is 32.0 Å². The zero-order chi connectivity index (χ0) is 17.6. The summed E-state index contributed by atoms with van der Waals surface area (Å²) < 4.78 is 36.7. The van der Waals surface area contributed by atoms with Crippen LogP contribution in [0.2, 0.25) is 0 Å². The van der Waals surface area contributed by atoms with E-state index in [9.17, 15) is 22.8 Å². The first kappa shape index (κ1) is 19.0. The van der Waals surface area contributed by atoms with E-state index in [2.05, 4.69) is 5.32 Å². The average molecular weight is 330 g/mol. The second kappa shape index (κ2) is 7.99. The Morgan fingerprint density at radius 2 is 1.78 bits per heavy atom. The maximum Gasteiger partial charge on any atom is 0.405 e. The Labute approximate surface area is 133 Å². The van der Waals surface area contributed by atoms with Crippen molar-refractivity contribution < 1.29 is 22.8 Å². The molecule has 0 aliphatic heterocycles. The van der Waals surface area contributed by atoms with Crippen LogP contribution in [-0.2, 0) is 4.79 Å². The molecule has 0 aromatic heterocycles. The van der Waals surface area contributed by atoms with Gasteiger partial charge >= 0.3 is 6.18 Å². The van der Waals surface area contributed by atoms with Gasteiger partial charge in [-0.2, -0.15) is 13.2 Å². The summed E-state index contributed by atoms with van der Waals surface area (Å²) in [5.74, 6) is -1.28. The van der Waals surface area contributed by atoms with Crippen LogP contribution < -0.4 is 10.6 Å². The molecule has 2 N–H and O–H groups in total. The quantitative estimate of drug-likeness (QED) is 0.843. The van der Waals surface area contributed by atoms with E-state index in [1.165, 1.54) is 0 Å². The van der Waals surface area contributed by atoms with E-state index in [0.29, 0.717) is 5.56 Å². The largest absolute Gasteiger partial charge is 0.405 e. The van der Waals surface area contributed by atoms with Gasteiger partial charge in [-0.3, -0.25) is 9.59 Å². The van der Waals surface area contributed by atoms with E-state index in [-0.39, 0.29) is 12.3 Å². The first-order chi connectivity index (χ1) is 10.6. The van der Waals surface area contributed by atoms with E-state index in [0.717, 1.165) is 5.56 Å². The molecule has 0 radical (unpaired) electrons. The van der Waals surface area contributed by atoms with E-state index in [4.69, 9.17) is 0 Å². The molecule has 1 aromatic rings. The number of amides is 2. The second-order valence-corrected chi connectivity index (χ2v) is 5.80. The molecule has 1 atom stereocenters. The van der Waals surface area contributed by atoms with E-state index < -0.39 is 30.6 Å². The Hall–Kier alpha value is -2.05. The third kappa shape index (κ3) is 6.71. The highest BCUT2D eigenvalue weighted by Gasteiger charge is 2.30. The molecule has 0 spiro atoms. The fourth-order valence-corrected chi connectivity index (χ4v) is 2.08. The van der Waals surface area contributed by atoms with Crippen molar-refractivity contribution in [3.05, 3.63) is 35.4 Å². The number of alkyl halides is 3. The molecule has 1 rings (SSSR count). The van der Waals surface area contributed by atoms with E-state index in [1.54, 1.807) is 31.2 Å². The SMILES string of the molecule is Cc1ccccc1C(=O)NC(CC(C)C)C(=O)NCC(F)(F)F. The van der Waals surface area contributed by atoms with Crippen molar-refractivity contribution in [3.8, 4) is 0 Å². The van der Waals surface area contributed by atoms with Crippen LogP contribution in [0, 0.1) is 12.8 Å². The minimum atomic E-state index is -4.49. The topological polar surface area (TPSA) is 58.2 Å². The summed E-state index contributed by atoms with van der Waals surface area (Å²) >= 11 is 0. The van der Waals surface area contributed by atoms with Crippen LogP contribution in [0.1, 0.15) is 36.2 Å². The van der Waals surface area contributed by atoms with Crippen molar-refractivity contribution in [3.63, 3.8) is 0 Å². The molecule has 4 nitrogen and oxygen atoms in total. The maximum absolute atomic E-state index is 12.2. The highest BCUT2D eigenvalue weighted by atomic mass is 19.4. The van der Waals surface area contributed by atoms with Crippen molar-refractivity contribution in [1.29, 1.82) is 0 Å². The third-order valence-corrected chi connectivity index (χ3v) is 3.18. The van der Waals surface area contributed by atoms with Crippen molar-refractivity contribution >= 4 is 11.8 Å². The fourth-order valence-electron chi connectivity index (χ4n) is 2.08. The summed E-state index contributed by atoms with van der Waals surface area (Å²) in [5.41, 5.74) is 1.12. The lowest BCUT2D eigenvalue weighted by Gasteiger charge is -2.21. The molecule has 1 aromatic carbocycles. The molecule has 0 aliphatic carbocycles. The van der Waals surface area contributed by atoms with Crippen LogP contribution in [0.15, 0.2) is 24.3 Å². The molecule has 128 valence electrons. The second-order valence-electron chi connectivity index (χ2n) is 5.80. The lowest BCUT2D eigenvalue weighted by atomic mass is 10.0. The zero-order valence-electron chi connectivity index (χ0n) is 13.3. The van der Waals surface area contributed by atoms with Gasteiger partial charge in [-0.25, -0.2) is 0 Å². The highest BCUT2D eigenvalue weighted by Crippen LogP contribution is 2.13. The minimum Gasteiger partial charge on any atom is -0.345 e. The fraction of sp³-hybridized carbons (Fsp3) is 0.500. The monoisotopic (exact) mass is 330 g/mol. The molecular weight excluding hydrogens is 309 g/mol. The molecular formula is C16H21F3N2O2. The first-order valence-electron chi connectivity index (χ1n) is 7.31. The number of aryl methyl sites for hydroxylation is 1. The van der Waals surface area contributed by atoms with Gasteiger partial charge in [0.05, 0.1) is 0 Å². The van der Waals surface area contributed by atoms with Crippen LogP contribution >= 0.6 is 0 Å². The third-order valence-electron chi connectivity index (χ3n) is 3.18. The summed E-state index contributed by atoms with van der Waals surface area (Å²) in [4.78, 5) is 24.2. The minimum absolute atomic E-state index is 0.0359. The number of carbonyl (C=O) groups is 2. The van der Waals surface area contributed by atoms with Gasteiger partial charge in [0.25, 0.3) is 5.91 Å². The van der Waals surface area contributed by atoms with Crippen LogP contribution in [-0.4, -0.2) is 30.6 Å². The van der Waals surface area contributed by atoms with Crippen molar-refractivity contribution in [2.45, 2.75) is 39.4 Å². The average Bonchev–Trinajstić information content (AvgIpc) is 2.43. The Morgan fingerprint density at radius 3 is 2.30 bits per heavy atom. The molecule has 0 aliphatic rings. The summed E-state index contributed by atoms with van der Waals surface area (Å²) in [6.07, 6.45) is -4.24. The number of halogens is 3. The number of carbonyl (C=O) groups excluding carboxylic acids is 2. The molecule has 23 heavy (non-hydrogen) atoms. The van der Waals surface area contributed by atoms with Gasteiger partial charge in [0.15, 0.2) is 0 Å². The van der Waals surface area contributed by atoms with E-state index >= 15 is 0 Å². The lowest BCUT2D eigenvalue weighted by Crippen LogP contribution is -2.49. The molecule has 2 amide bonds.